The number of benzene rings is 1. The van der Waals surface area contributed by atoms with Gasteiger partial charge in [-0.15, -0.1) is 0 Å². The molecule has 0 radical (unpaired) electrons. The minimum Gasteiger partial charge on any atom is -0.445 e. The van der Waals surface area contributed by atoms with E-state index in [9.17, 15) is 13.2 Å². The first kappa shape index (κ1) is 16.3. The molecule has 1 aromatic carbocycles. The van der Waals surface area contributed by atoms with E-state index in [-0.39, 0.29) is 18.8 Å². The lowest BCUT2D eigenvalue weighted by molar-refractivity contribution is 0.0988. The molecule has 0 aromatic heterocycles. The Hall–Kier alpha value is -1.60. The Morgan fingerprint density at radius 2 is 1.78 bits per heavy atom. The maximum absolute atomic E-state index is 12.1. The lowest BCUT2D eigenvalue weighted by Gasteiger charge is -2.18. The van der Waals surface area contributed by atoms with Crippen LogP contribution in [0.25, 0.3) is 0 Å². The van der Waals surface area contributed by atoms with Gasteiger partial charge in [0.05, 0.1) is 12.4 Å². The van der Waals surface area contributed by atoms with Crippen molar-refractivity contribution in [2.45, 2.75) is 25.6 Å². The Morgan fingerprint density at radius 1 is 1.17 bits per heavy atom. The molecule has 3 rings (SSSR count). The van der Waals surface area contributed by atoms with Gasteiger partial charge in [0.2, 0.25) is 0 Å². The molecule has 0 bridgehead atoms. The molecule has 126 valence electrons. The highest BCUT2D eigenvalue weighted by Crippen LogP contribution is 2.40. The number of hydrogen-bond donors (Lipinski definition) is 0. The molecule has 0 spiro atoms. The van der Waals surface area contributed by atoms with E-state index in [1.165, 1.54) is 0 Å². The smallest absolute Gasteiger partial charge is 0.410 e. The molecule has 1 amide bonds. The fraction of sp³-hybridized carbons (Fsp3) is 0.562. The van der Waals surface area contributed by atoms with Gasteiger partial charge in [0.25, 0.3) is 10.1 Å². The summed E-state index contributed by atoms with van der Waals surface area (Å²) in [6.07, 6.45) is 1.89. The summed E-state index contributed by atoms with van der Waals surface area (Å²) in [5, 5.41) is 0. The van der Waals surface area contributed by atoms with Crippen LogP contribution in [0.5, 0.6) is 0 Å². The quantitative estimate of drug-likeness (QED) is 0.785. The van der Waals surface area contributed by atoms with Gasteiger partial charge in [0.1, 0.15) is 6.61 Å². The largest absolute Gasteiger partial charge is 0.445 e. The van der Waals surface area contributed by atoms with Crippen LogP contribution in [0.4, 0.5) is 4.79 Å². The van der Waals surface area contributed by atoms with Crippen molar-refractivity contribution in [3.05, 3.63) is 35.9 Å². The van der Waals surface area contributed by atoms with Gasteiger partial charge in [-0.05, 0) is 30.2 Å². The van der Waals surface area contributed by atoms with Gasteiger partial charge in [-0.1, -0.05) is 30.3 Å². The monoisotopic (exact) mass is 339 g/mol. The topological polar surface area (TPSA) is 72.9 Å². The third kappa shape index (κ3) is 4.23. The first-order valence-corrected chi connectivity index (χ1v) is 9.56. The number of ether oxygens (including phenoxy) is 1. The van der Waals surface area contributed by atoms with E-state index < -0.39 is 10.1 Å². The molecular weight excluding hydrogens is 318 g/mol. The van der Waals surface area contributed by atoms with Gasteiger partial charge < -0.3 is 9.64 Å². The summed E-state index contributed by atoms with van der Waals surface area (Å²) in [5.74, 6) is 0.594. The summed E-state index contributed by atoms with van der Waals surface area (Å²) >= 11 is 0. The fourth-order valence-electron chi connectivity index (χ4n) is 3.53. The highest BCUT2D eigenvalue weighted by molar-refractivity contribution is 7.86. The predicted molar refractivity (Wildman–Crippen MR) is 84.1 cm³/mol. The molecule has 2 unspecified atom stereocenters. The SMILES string of the molecule is CS(=O)(=O)OC1CC2CN(C(=O)OCc3ccccc3)C[C@@H]2C1. The van der Waals surface area contributed by atoms with Crippen LogP contribution >= 0.6 is 0 Å². The molecule has 2 fully saturated rings. The molecule has 7 heteroatoms. The zero-order chi connectivity index (χ0) is 16.4. The molecule has 0 N–H and O–H groups in total. The number of carbonyl (C=O) groups excluding carboxylic acids is 1. The number of hydrogen-bond acceptors (Lipinski definition) is 5. The van der Waals surface area contributed by atoms with Crippen molar-refractivity contribution in [1.29, 1.82) is 0 Å². The van der Waals surface area contributed by atoms with E-state index in [1.807, 2.05) is 30.3 Å². The molecule has 23 heavy (non-hydrogen) atoms. The maximum atomic E-state index is 12.1. The van der Waals surface area contributed by atoms with Gasteiger partial charge in [0, 0.05) is 13.1 Å². The standard InChI is InChI=1S/C16H21NO5S/c1-23(19,20)22-15-7-13-9-17(10-14(13)8-15)16(18)21-11-12-5-3-2-4-6-12/h2-6,13-15H,7-11H2,1H3/t13-,14?,15?/m0/s1. The fourth-order valence-corrected chi connectivity index (χ4v) is 4.18. The number of amides is 1. The Bertz CT molecular complexity index is 646. The van der Waals surface area contributed by atoms with Crippen molar-refractivity contribution in [1.82, 2.24) is 4.90 Å². The maximum Gasteiger partial charge on any atom is 0.410 e. The number of carbonyl (C=O) groups is 1. The molecule has 3 atom stereocenters. The van der Waals surface area contributed by atoms with Gasteiger partial charge in [0.15, 0.2) is 0 Å². The highest BCUT2D eigenvalue weighted by Gasteiger charge is 2.44. The Balaban J connectivity index is 1.47. The Morgan fingerprint density at radius 3 is 2.35 bits per heavy atom. The molecule has 1 aliphatic carbocycles. The minimum atomic E-state index is -3.41. The molecule has 1 saturated carbocycles. The van der Waals surface area contributed by atoms with E-state index >= 15 is 0 Å². The second kappa shape index (κ2) is 6.49. The summed E-state index contributed by atoms with van der Waals surface area (Å²) in [6, 6.07) is 9.57. The molecule has 2 aliphatic rings. The summed E-state index contributed by atoms with van der Waals surface area (Å²) in [5.41, 5.74) is 0.960. The lowest BCUT2D eigenvalue weighted by Crippen LogP contribution is -2.31. The third-order valence-electron chi connectivity index (χ3n) is 4.48. The van der Waals surface area contributed by atoms with Crippen LogP contribution in [0.15, 0.2) is 30.3 Å². The molecule has 1 heterocycles. The zero-order valence-corrected chi connectivity index (χ0v) is 13.9. The summed E-state index contributed by atoms with van der Waals surface area (Å²) < 4.78 is 32.8. The Kier molecular flexibility index (Phi) is 4.59. The minimum absolute atomic E-state index is 0.248. The summed E-state index contributed by atoms with van der Waals surface area (Å²) in [7, 11) is -3.41. The number of likely N-dealkylation sites (tertiary alicyclic amines) is 1. The van der Waals surface area contributed by atoms with Crippen LogP contribution in [-0.4, -0.2) is 44.9 Å². The average molecular weight is 339 g/mol. The van der Waals surface area contributed by atoms with Gasteiger partial charge in [-0.2, -0.15) is 8.42 Å². The summed E-state index contributed by atoms with van der Waals surface area (Å²) in [6.45, 7) is 1.50. The second-order valence-corrected chi connectivity index (χ2v) is 7.96. The first-order chi connectivity index (χ1) is 10.9. The molecular formula is C16H21NO5S. The zero-order valence-electron chi connectivity index (χ0n) is 13.1. The van der Waals surface area contributed by atoms with Gasteiger partial charge >= 0.3 is 6.09 Å². The lowest BCUT2D eigenvalue weighted by atomic mass is 10.0. The highest BCUT2D eigenvalue weighted by atomic mass is 32.2. The number of fused-ring (bicyclic) bond motifs is 1. The van der Waals surface area contributed by atoms with Crippen LogP contribution in [-0.2, 0) is 25.6 Å². The van der Waals surface area contributed by atoms with Crippen LogP contribution in [0.2, 0.25) is 0 Å². The van der Waals surface area contributed by atoms with Crippen molar-refractivity contribution in [2.75, 3.05) is 19.3 Å². The van der Waals surface area contributed by atoms with Crippen LogP contribution in [0.3, 0.4) is 0 Å². The first-order valence-electron chi connectivity index (χ1n) is 7.74. The van der Waals surface area contributed by atoms with Crippen LogP contribution in [0, 0.1) is 11.8 Å². The van der Waals surface area contributed by atoms with Gasteiger partial charge in [-0.25, -0.2) is 4.79 Å². The van der Waals surface area contributed by atoms with Crippen LogP contribution < -0.4 is 0 Å². The van der Waals surface area contributed by atoms with E-state index in [0.717, 1.165) is 11.8 Å². The Labute approximate surface area is 136 Å². The van der Waals surface area contributed by atoms with Crippen molar-refractivity contribution in [2.24, 2.45) is 11.8 Å². The van der Waals surface area contributed by atoms with E-state index in [1.54, 1.807) is 4.90 Å². The van der Waals surface area contributed by atoms with Gasteiger partial charge in [-0.3, -0.25) is 4.18 Å². The average Bonchev–Trinajstić information content (AvgIpc) is 3.02. The number of nitrogens with zero attached hydrogens (tertiary/aromatic N) is 1. The van der Waals surface area contributed by atoms with E-state index in [4.69, 9.17) is 8.92 Å². The van der Waals surface area contributed by atoms with Crippen molar-refractivity contribution < 1.29 is 22.1 Å². The molecule has 1 saturated heterocycles. The molecule has 1 aromatic rings. The normalized spacial score (nSPS) is 27.0. The molecule has 1 aliphatic heterocycles. The third-order valence-corrected chi connectivity index (χ3v) is 5.10. The van der Waals surface area contributed by atoms with Crippen molar-refractivity contribution in [3.8, 4) is 0 Å². The van der Waals surface area contributed by atoms with E-state index in [2.05, 4.69) is 0 Å². The molecule has 6 nitrogen and oxygen atoms in total. The van der Waals surface area contributed by atoms with E-state index in [0.29, 0.717) is 37.8 Å². The number of rotatable bonds is 4. The van der Waals surface area contributed by atoms with Crippen molar-refractivity contribution >= 4 is 16.2 Å². The van der Waals surface area contributed by atoms with Crippen molar-refractivity contribution in [3.63, 3.8) is 0 Å². The second-order valence-electron chi connectivity index (χ2n) is 6.36. The summed E-state index contributed by atoms with van der Waals surface area (Å²) in [4.78, 5) is 13.9. The predicted octanol–water partition coefficient (Wildman–Crippen LogP) is 2.01. The van der Waals surface area contributed by atoms with Crippen LogP contribution in [0.1, 0.15) is 18.4 Å².